The second kappa shape index (κ2) is 8.06. The number of rotatable bonds is 5. The van der Waals surface area contributed by atoms with Crippen LogP contribution < -0.4 is 10.2 Å². The molecule has 4 nitrogen and oxygen atoms in total. The molecule has 136 valence electrons. The van der Waals surface area contributed by atoms with E-state index in [0.717, 1.165) is 5.56 Å². The number of halogens is 3. The molecule has 0 aromatic heterocycles. The lowest BCUT2D eigenvalue weighted by atomic mass is 10.1. The van der Waals surface area contributed by atoms with Crippen molar-refractivity contribution in [3.05, 3.63) is 63.9 Å². The third-order valence-electron chi connectivity index (χ3n) is 4.34. The average Bonchev–Trinajstić information content (AvgIpc) is 3.01. The van der Waals surface area contributed by atoms with Crippen LogP contribution in [0.15, 0.2) is 42.5 Å². The van der Waals surface area contributed by atoms with E-state index < -0.39 is 11.7 Å². The Hall–Kier alpha value is -2.11. The highest BCUT2D eigenvalue weighted by Crippen LogP contribution is 2.28. The molecule has 0 bridgehead atoms. The van der Waals surface area contributed by atoms with Gasteiger partial charge >= 0.3 is 0 Å². The number of anilines is 1. The summed E-state index contributed by atoms with van der Waals surface area (Å²) in [5.74, 6) is -1.32. The van der Waals surface area contributed by atoms with Crippen LogP contribution in [0.5, 0.6) is 0 Å². The predicted molar refractivity (Wildman–Crippen MR) is 100 cm³/mol. The molecular formula is C19H17Cl2FN2O2. The van der Waals surface area contributed by atoms with Gasteiger partial charge in [0.25, 0.3) is 0 Å². The van der Waals surface area contributed by atoms with Gasteiger partial charge < -0.3 is 10.2 Å². The van der Waals surface area contributed by atoms with Gasteiger partial charge in [-0.3, -0.25) is 9.59 Å². The summed E-state index contributed by atoms with van der Waals surface area (Å²) in [5.41, 5.74) is 1.57. The third-order valence-corrected chi connectivity index (χ3v) is 4.88. The number of hydrogen-bond donors (Lipinski definition) is 1. The minimum Gasteiger partial charge on any atom is -0.355 e. The van der Waals surface area contributed by atoms with Crippen molar-refractivity contribution in [3.63, 3.8) is 0 Å². The summed E-state index contributed by atoms with van der Waals surface area (Å²) in [7, 11) is 0. The molecule has 1 aliphatic rings. The molecular weight excluding hydrogens is 378 g/mol. The van der Waals surface area contributed by atoms with Crippen LogP contribution in [0.25, 0.3) is 0 Å². The highest BCUT2D eigenvalue weighted by molar-refractivity contribution is 6.31. The van der Waals surface area contributed by atoms with E-state index in [1.807, 2.05) is 12.1 Å². The van der Waals surface area contributed by atoms with Crippen molar-refractivity contribution in [1.29, 1.82) is 0 Å². The lowest BCUT2D eigenvalue weighted by Crippen LogP contribution is -2.34. The third kappa shape index (κ3) is 4.34. The van der Waals surface area contributed by atoms with E-state index in [-0.39, 0.29) is 29.8 Å². The summed E-state index contributed by atoms with van der Waals surface area (Å²) in [5, 5.41) is 3.48. The standard InChI is InChI=1S/C19H17Cl2FN2O2/c20-14-3-1-12(2-4-14)7-8-23-19(26)13-9-18(25)24(11-13)15-5-6-17(22)16(21)10-15/h1-6,10,13H,7-9,11H2,(H,23,26)/t13-/m0/s1. The summed E-state index contributed by atoms with van der Waals surface area (Å²) >= 11 is 11.6. The van der Waals surface area contributed by atoms with Crippen molar-refractivity contribution in [1.82, 2.24) is 5.32 Å². The zero-order valence-electron chi connectivity index (χ0n) is 13.8. The molecule has 1 atom stereocenters. The lowest BCUT2D eigenvalue weighted by molar-refractivity contribution is -0.126. The van der Waals surface area contributed by atoms with Crippen molar-refractivity contribution in [3.8, 4) is 0 Å². The summed E-state index contributed by atoms with van der Waals surface area (Å²) in [6.07, 6.45) is 0.808. The smallest absolute Gasteiger partial charge is 0.227 e. The van der Waals surface area contributed by atoms with E-state index in [1.165, 1.54) is 23.1 Å². The van der Waals surface area contributed by atoms with Gasteiger partial charge in [-0.05, 0) is 42.3 Å². The van der Waals surface area contributed by atoms with Crippen molar-refractivity contribution >= 4 is 40.7 Å². The van der Waals surface area contributed by atoms with E-state index in [2.05, 4.69) is 5.32 Å². The number of carbonyl (C=O) groups excluding carboxylic acids is 2. The van der Waals surface area contributed by atoms with Gasteiger partial charge in [0, 0.05) is 30.2 Å². The lowest BCUT2D eigenvalue weighted by Gasteiger charge is -2.17. The van der Waals surface area contributed by atoms with Crippen LogP contribution >= 0.6 is 23.2 Å². The highest BCUT2D eigenvalue weighted by Gasteiger charge is 2.35. The van der Waals surface area contributed by atoms with Crippen LogP contribution in [0.1, 0.15) is 12.0 Å². The number of hydrogen-bond acceptors (Lipinski definition) is 2. The van der Waals surface area contributed by atoms with Gasteiger partial charge in [0.15, 0.2) is 0 Å². The second-order valence-electron chi connectivity index (χ2n) is 6.17. The molecule has 0 unspecified atom stereocenters. The molecule has 1 heterocycles. The SMILES string of the molecule is O=C(NCCc1ccc(Cl)cc1)[C@H]1CC(=O)N(c2ccc(F)c(Cl)c2)C1. The Labute approximate surface area is 160 Å². The van der Waals surface area contributed by atoms with Gasteiger partial charge in [-0.25, -0.2) is 4.39 Å². The maximum atomic E-state index is 13.3. The van der Waals surface area contributed by atoms with Crippen LogP contribution in [0.2, 0.25) is 10.0 Å². The number of nitrogens with one attached hydrogen (secondary N) is 1. The Morgan fingerprint density at radius 3 is 2.62 bits per heavy atom. The quantitative estimate of drug-likeness (QED) is 0.837. The minimum absolute atomic E-state index is 0.0498. The fraction of sp³-hybridized carbons (Fsp3) is 0.263. The Morgan fingerprint density at radius 2 is 1.92 bits per heavy atom. The van der Waals surface area contributed by atoms with Crippen LogP contribution in [-0.2, 0) is 16.0 Å². The van der Waals surface area contributed by atoms with E-state index in [1.54, 1.807) is 12.1 Å². The van der Waals surface area contributed by atoms with E-state index in [9.17, 15) is 14.0 Å². The normalized spacial score (nSPS) is 16.8. The van der Waals surface area contributed by atoms with E-state index in [0.29, 0.717) is 23.7 Å². The molecule has 0 radical (unpaired) electrons. The van der Waals surface area contributed by atoms with Crippen LogP contribution in [0.3, 0.4) is 0 Å². The Bertz CT molecular complexity index is 827. The molecule has 26 heavy (non-hydrogen) atoms. The molecule has 2 aromatic carbocycles. The molecule has 0 saturated carbocycles. The number of carbonyl (C=O) groups is 2. The maximum Gasteiger partial charge on any atom is 0.227 e. The van der Waals surface area contributed by atoms with Crippen LogP contribution in [-0.4, -0.2) is 24.9 Å². The van der Waals surface area contributed by atoms with Gasteiger partial charge in [-0.15, -0.1) is 0 Å². The molecule has 3 rings (SSSR count). The average molecular weight is 395 g/mol. The van der Waals surface area contributed by atoms with Gasteiger partial charge in [-0.2, -0.15) is 0 Å². The van der Waals surface area contributed by atoms with E-state index in [4.69, 9.17) is 23.2 Å². The first-order chi connectivity index (χ1) is 12.4. The fourth-order valence-electron chi connectivity index (χ4n) is 2.91. The minimum atomic E-state index is -0.543. The fourth-order valence-corrected chi connectivity index (χ4v) is 3.21. The van der Waals surface area contributed by atoms with Crippen molar-refractivity contribution in [2.45, 2.75) is 12.8 Å². The molecule has 2 aromatic rings. The monoisotopic (exact) mass is 394 g/mol. The van der Waals surface area contributed by atoms with Gasteiger partial charge in [-0.1, -0.05) is 35.3 Å². The van der Waals surface area contributed by atoms with Gasteiger partial charge in [0.2, 0.25) is 11.8 Å². The Balaban J connectivity index is 1.54. The first-order valence-corrected chi connectivity index (χ1v) is 8.97. The molecule has 0 spiro atoms. The molecule has 0 aliphatic carbocycles. The largest absolute Gasteiger partial charge is 0.355 e. The Kier molecular flexibility index (Phi) is 5.79. The molecule has 1 fully saturated rings. The number of amides is 2. The van der Waals surface area contributed by atoms with Gasteiger partial charge in [0.05, 0.1) is 10.9 Å². The van der Waals surface area contributed by atoms with Gasteiger partial charge in [0.1, 0.15) is 5.82 Å². The zero-order chi connectivity index (χ0) is 18.7. The van der Waals surface area contributed by atoms with Crippen molar-refractivity contribution < 1.29 is 14.0 Å². The maximum absolute atomic E-state index is 13.3. The second-order valence-corrected chi connectivity index (χ2v) is 7.01. The van der Waals surface area contributed by atoms with Crippen LogP contribution in [0, 0.1) is 11.7 Å². The summed E-state index contributed by atoms with van der Waals surface area (Å²) in [6, 6.07) is 11.5. The molecule has 7 heteroatoms. The topological polar surface area (TPSA) is 49.4 Å². The van der Waals surface area contributed by atoms with E-state index >= 15 is 0 Å². The molecule has 1 saturated heterocycles. The van der Waals surface area contributed by atoms with Crippen molar-refractivity contribution in [2.24, 2.45) is 5.92 Å². The zero-order valence-corrected chi connectivity index (χ0v) is 15.4. The summed E-state index contributed by atoms with van der Waals surface area (Å²) in [4.78, 5) is 26.0. The molecule has 1 aliphatic heterocycles. The molecule has 1 N–H and O–H groups in total. The first kappa shape index (κ1) is 18.7. The highest BCUT2D eigenvalue weighted by atomic mass is 35.5. The summed E-state index contributed by atoms with van der Waals surface area (Å²) in [6.45, 7) is 0.737. The summed E-state index contributed by atoms with van der Waals surface area (Å²) < 4.78 is 13.3. The Morgan fingerprint density at radius 1 is 1.19 bits per heavy atom. The number of benzene rings is 2. The number of nitrogens with zero attached hydrogens (tertiary/aromatic N) is 1. The van der Waals surface area contributed by atoms with Crippen LogP contribution in [0.4, 0.5) is 10.1 Å². The van der Waals surface area contributed by atoms with Crippen molar-refractivity contribution in [2.75, 3.05) is 18.0 Å². The molecule has 2 amide bonds. The predicted octanol–water partition coefficient (Wildman–Crippen LogP) is 3.84. The first-order valence-electron chi connectivity index (χ1n) is 8.21.